The quantitative estimate of drug-likeness (QED) is 0.861. The first-order chi connectivity index (χ1) is 9.63. The molecule has 2 unspecified atom stereocenters. The van der Waals surface area contributed by atoms with E-state index in [1.165, 1.54) is 6.07 Å². The van der Waals surface area contributed by atoms with Crippen molar-refractivity contribution < 1.29 is 13.9 Å². The Hall–Kier alpha value is -1.36. The SMILES string of the molecule is NCC(c1cccc(Cl)c1F)C(O)CCc1ccco1. The van der Waals surface area contributed by atoms with Gasteiger partial charge in [0.05, 0.1) is 17.4 Å². The van der Waals surface area contributed by atoms with Crippen LogP contribution in [0.1, 0.15) is 23.7 Å². The van der Waals surface area contributed by atoms with Crippen molar-refractivity contribution in [2.24, 2.45) is 5.73 Å². The Bertz CT molecular complexity index is 545. The Kier molecular flexibility index (Phi) is 5.17. The summed E-state index contributed by atoms with van der Waals surface area (Å²) in [6.07, 6.45) is 1.85. The number of nitrogens with two attached hydrogens (primary N) is 1. The van der Waals surface area contributed by atoms with Crippen LogP contribution < -0.4 is 5.73 Å². The van der Waals surface area contributed by atoms with Crippen LogP contribution in [0.4, 0.5) is 4.39 Å². The second-order valence-electron chi connectivity index (χ2n) is 4.67. The third-order valence-electron chi connectivity index (χ3n) is 3.37. The van der Waals surface area contributed by atoms with Crippen molar-refractivity contribution in [1.29, 1.82) is 0 Å². The van der Waals surface area contributed by atoms with Gasteiger partial charge in [-0.05, 0) is 30.2 Å². The standard InChI is InChI=1S/C15H17ClFNO2/c16-13-5-1-4-11(15(13)17)12(9-18)14(19)7-6-10-3-2-8-20-10/h1-5,8,12,14,19H,6-7,9,18H2. The molecule has 0 aliphatic rings. The number of aliphatic hydroxyl groups excluding tert-OH is 1. The Morgan fingerprint density at radius 3 is 2.75 bits per heavy atom. The molecule has 2 rings (SSSR count). The van der Waals surface area contributed by atoms with Crippen molar-refractivity contribution in [3.63, 3.8) is 0 Å². The van der Waals surface area contributed by atoms with E-state index >= 15 is 0 Å². The first-order valence-corrected chi connectivity index (χ1v) is 6.85. The van der Waals surface area contributed by atoms with E-state index in [0.29, 0.717) is 18.4 Å². The zero-order chi connectivity index (χ0) is 14.5. The monoisotopic (exact) mass is 297 g/mol. The van der Waals surface area contributed by atoms with Gasteiger partial charge in [-0.25, -0.2) is 4.39 Å². The fourth-order valence-corrected chi connectivity index (χ4v) is 2.43. The van der Waals surface area contributed by atoms with Crippen LogP contribution in [-0.2, 0) is 6.42 Å². The second kappa shape index (κ2) is 6.88. The van der Waals surface area contributed by atoms with Crippen LogP contribution in [0.2, 0.25) is 5.02 Å². The molecule has 2 atom stereocenters. The molecular weight excluding hydrogens is 281 g/mol. The lowest BCUT2D eigenvalue weighted by Crippen LogP contribution is -2.27. The maximum absolute atomic E-state index is 14.0. The van der Waals surface area contributed by atoms with E-state index < -0.39 is 17.8 Å². The number of halogens is 2. The summed E-state index contributed by atoms with van der Waals surface area (Å²) in [5.74, 6) is -0.211. The molecule has 0 spiro atoms. The van der Waals surface area contributed by atoms with E-state index in [1.54, 1.807) is 24.5 Å². The summed E-state index contributed by atoms with van der Waals surface area (Å²) >= 11 is 5.77. The normalized spacial score (nSPS) is 14.2. The molecule has 0 bridgehead atoms. The second-order valence-corrected chi connectivity index (χ2v) is 5.08. The first-order valence-electron chi connectivity index (χ1n) is 6.48. The third-order valence-corrected chi connectivity index (χ3v) is 3.66. The molecule has 1 heterocycles. The molecule has 1 aromatic heterocycles. The Morgan fingerprint density at radius 2 is 2.10 bits per heavy atom. The average Bonchev–Trinajstić information content (AvgIpc) is 2.95. The van der Waals surface area contributed by atoms with Crippen molar-refractivity contribution in [1.82, 2.24) is 0 Å². The Balaban J connectivity index is 2.08. The van der Waals surface area contributed by atoms with E-state index in [9.17, 15) is 9.50 Å². The molecule has 1 aromatic carbocycles. The highest BCUT2D eigenvalue weighted by Crippen LogP contribution is 2.28. The molecule has 20 heavy (non-hydrogen) atoms. The summed E-state index contributed by atoms with van der Waals surface area (Å²) in [6.45, 7) is 0.149. The largest absolute Gasteiger partial charge is 0.469 e. The van der Waals surface area contributed by atoms with Gasteiger partial charge in [0.2, 0.25) is 0 Å². The lowest BCUT2D eigenvalue weighted by Gasteiger charge is -2.22. The fourth-order valence-electron chi connectivity index (χ4n) is 2.24. The molecule has 3 N–H and O–H groups in total. The number of benzene rings is 1. The molecule has 108 valence electrons. The summed E-state index contributed by atoms with van der Waals surface area (Å²) in [6, 6.07) is 8.36. The summed E-state index contributed by atoms with van der Waals surface area (Å²) in [4.78, 5) is 0. The summed E-state index contributed by atoms with van der Waals surface area (Å²) in [5.41, 5.74) is 6.03. The minimum Gasteiger partial charge on any atom is -0.469 e. The Labute approximate surface area is 122 Å². The molecule has 3 nitrogen and oxygen atoms in total. The number of aryl methyl sites for hydroxylation is 1. The molecular formula is C15H17ClFNO2. The van der Waals surface area contributed by atoms with Crippen molar-refractivity contribution in [3.8, 4) is 0 Å². The maximum atomic E-state index is 14.0. The van der Waals surface area contributed by atoms with Gasteiger partial charge in [0.25, 0.3) is 0 Å². The van der Waals surface area contributed by atoms with Crippen LogP contribution in [0.25, 0.3) is 0 Å². The predicted molar refractivity (Wildman–Crippen MR) is 76.2 cm³/mol. The predicted octanol–water partition coefficient (Wildman–Crippen LogP) is 3.11. The van der Waals surface area contributed by atoms with E-state index in [-0.39, 0.29) is 11.6 Å². The van der Waals surface area contributed by atoms with Crippen LogP contribution in [0.5, 0.6) is 0 Å². The van der Waals surface area contributed by atoms with Gasteiger partial charge in [-0.2, -0.15) is 0 Å². The van der Waals surface area contributed by atoms with Gasteiger partial charge in [0.1, 0.15) is 11.6 Å². The average molecular weight is 298 g/mol. The number of furan rings is 1. The van der Waals surface area contributed by atoms with E-state index in [0.717, 1.165) is 5.76 Å². The van der Waals surface area contributed by atoms with Crippen molar-refractivity contribution >= 4 is 11.6 Å². The van der Waals surface area contributed by atoms with Gasteiger partial charge < -0.3 is 15.3 Å². The highest BCUT2D eigenvalue weighted by molar-refractivity contribution is 6.30. The summed E-state index contributed by atoms with van der Waals surface area (Å²) in [7, 11) is 0. The zero-order valence-electron chi connectivity index (χ0n) is 10.9. The van der Waals surface area contributed by atoms with E-state index in [2.05, 4.69) is 0 Å². The molecule has 0 amide bonds. The minimum atomic E-state index is -0.752. The van der Waals surface area contributed by atoms with Crippen molar-refractivity contribution in [2.45, 2.75) is 24.9 Å². The molecule has 0 aliphatic carbocycles. The molecule has 0 fully saturated rings. The van der Waals surface area contributed by atoms with E-state index in [4.69, 9.17) is 21.8 Å². The van der Waals surface area contributed by atoms with Gasteiger partial charge in [0.15, 0.2) is 0 Å². The molecule has 0 saturated heterocycles. The Morgan fingerprint density at radius 1 is 1.30 bits per heavy atom. The van der Waals surface area contributed by atoms with Crippen molar-refractivity contribution in [3.05, 3.63) is 58.8 Å². The molecule has 0 radical (unpaired) electrons. The van der Waals surface area contributed by atoms with Gasteiger partial charge in [-0.3, -0.25) is 0 Å². The van der Waals surface area contributed by atoms with Gasteiger partial charge in [-0.15, -0.1) is 0 Å². The van der Waals surface area contributed by atoms with E-state index in [1.807, 2.05) is 6.07 Å². The maximum Gasteiger partial charge on any atom is 0.145 e. The van der Waals surface area contributed by atoms with Crippen molar-refractivity contribution in [2.75, 3.05) is 6.54 Å². The van der Waals surface area contributed by atoms with Crippen LogP contribution >= 0.6 is 11.6 Å². The molecule has 2 aromatic rings. The lowest BCUT2D eigenvalue weighted by atomic mass is 9.90. The van der Waals surface area contributed by atoms with Gasteiger partial charge in [0, 0.05) is 18.9 Å². The molecule has 5 heteroatoms. The van der Waals surface area contributed by atoms with Crippen LogP contribution in [0.3, 0.4) is 0 Å². The van der Waals surface area contributed by atoms with Gasteiger partial charge >= 0.3 is 0 Å². The third kappa shape index (κ3) is 3.39. The molecule has 0 aliphatic heterocycles. The summed E-state index contributed by atoms with van der Waals surface area (Å²) < 4.78 is 19.2. The highest BCUT2D eigenvalue weighted by Gasteiger charge is 2.23. The van der Waals surface area contributed by atoms with Crippen LogP contribution in [0, 0.1) is 5.82 Å². The number of hydrogen-bond donors (Lipinski definition) is 2. The smallest absolute Gasteiger partial charge is 0.145 e. The zero-order valence-corrected chi connectivity index (χ0v) is 11.7. The number of aliphatic hydroxyl groups is 1. The fraction of sp³-hybridized carbons (Fsp3) is 0.333. The van der Waals surface area contributed by atoms with Gasteiger partial charge in [-0.1, -0.05) is 23.7 Å². The highest BCUT2D eigenvalue weighted by atomic mass is 35.5. The molecule has 0 saturated carbocycles. The number of rotatable bonds is 6. The summed E-state index contributed by atoms with van der Waals surface area (Å²) in [5, 5.41) is 10.3. The first kappa shape index (κ1) is 15.0. The van der Waals surface area contributed by atoms with Crippen LogP contribution in [0.15, 0.2) is 41.0 Å². The topological polar surface area (TPSA) is 59.4 Å². The number of hydrogen-bond acceptors (Lipinski definition) is 3. The van der Waals surface area contributed by atoms with Crippen LogP contribution in [-0.4, -0.2) is 17.8 Å². The lowest BCUT2D eigenvalue weighted by molar-refractivity contribution is 0.132. The minimum absolute atomic E-state index is 0.0409.